The summed E-state index contributed by atoms with van der Waals surface area (Å²) in [5, 5.41) is 34.7. The van der Waals surface area contributed by atoms with Crippen molar-refractivity contribution in [2.24, 2.45) is 17.5 Å². The smallest absolute Gasteiger partial charge is 0.490 e. The summed E-state index contributed by atoms with van der Waals surface area (Å²) < 4.78 is 44.5. The first-order chi connectivity index (χ1) is 20.7. The monoisotopic (exact) mass is 641 g/mol. The second kappa shape index (κ2) is 13.7. The molecule has 0 amide bonds. The molecule has 0 atom stereocenters. The number of rotatable bonds is 15. The Labute approximate surface area is 246 Å². The van der Waals surface area contributed by atoms with Crippen LogP contribution in [0.3, 0.4) is 0 Å². The highest BCUT2D eigenvalue weighted by Crippen LogP contribution is 2.53. The molecule has 0 aliphatic carbocycles. The number of nitro groups is 3. The standard InChI is InChI=1S/C21H24N9O13P/c1-38-19-10-13(4-7-16(19)28(31)32)25(22)41-44(37,42-26(23)14-5-8-17(29(33)34)20(11-14)39-2)43-27(24)15-6-9-18(30(35)36)21(12-15)40-3/h4-12H,22-24H2,1-3H3. The van der Waals surface area contributed by atoms with Gasteiger partial charge in [-0.2, -0.15) is 15.5 Å². The Kier molecular flexibility index (Phi) is 10.4. The predicted octanol–water partition coefficient (Wildman–Crippen LogP) is 2.78. The minimum atomic E-state index is -5.17. The topological polar surface area (TPSA) is 290 Å². The molecule has 0 radical (unpaired) electrons. The number of ether oxygens (including phenoxy) is 3. The SMILES string of the molecule is COc1cc(N(N)OP(=O)(ON(N)c2ccc([N+](=O)[O-])c(OC)c2)ON(N)c2ccc([N+](=O)[O-])c(OC)c2)ccc1[N+](=O)[O-]. The maximum absolute atomic E-state index is 13.9. The Morgan fingerprint density at radius 3 is 1.02 bits per heavy atom. The molecule has 22 nitrogen and oxygen atoms in total. The number of nitrogens with zero attached hydrogens (tertiary/aromatic N) is 6. The maximum Gasteiger partial charge on any atom is 0.543 e. The zero-order valence-electron chi connectivity index (χ0n) is 22.9. The second-order valence-electron chi connectivity index (χ2n) is 8.01. The van der Waals surface area contributed by atoms with Gasteiger partial charge in [0.1, 0.15) is 0 Å². The van der Waals surface area contributed by atoms with Gasteiger partial charge >= 0.3 is 24.9 Å². The van der Waals surface area contributed by atoms with Gasteiger partial charge in [0.25, 0.3) is 0 Å². The van der Waals surface area contributed by atoms with Gasteiger partial charge in [0.15, 0.2) is 17.2 Å². The summed E-state index contributed by atoms with van der Waals surface area (Å²) in [6.45, 7) is 0. The Balaban J connectivity index is 2.00. The minimum absolute atomic E-state index is 0.166. The van der Waals surface area contributed by atoms with Gasteiger partial charge in [-0.05, 0) is 18.2 Å². The third-order valence-corrected chi connectivity index (χ3v) is 6.54. The lowest BCUT2D eigenvalue weighted by atomic mass is 10.2. The van der Waals surface area contributed by atoms with E-state index in [1.54, 1.807) is 0 Å². The van der Waals surface area contributed by atoms with E-state index in [1.165, 1.54) is 0 Å². The molecule has 3 aromatic carbocycles. The summed E-state index contributed by atoms with van der Waals surface area (Å²) in [6.07, 6.45) is 0. The fraction of sp³-hybridized carbons (Fsp3) is 0.143. The molecule has 0 unspecified atom stereocenters. The summed E-state index contributed by atoms with van der Waals surface area (Å²) in [5.41, 5.74) is -1.79. The minimum Gasteiger partial charge on any atom is -0.490 e. The van der Waals surface area contributed by atoms with Gasteiger partial charge < -0.3 is 14.2 Å². The normalized spacial score (nSPS) is 11.0. The highest BCUT2D eigenvalue weighted by Gasteiger charge is 2.38. The summed E-state index contributed by atoms with van der Waals surface area (Å²) in [6, 6.07) is 9.54. The number of benzene rings is 3. The molecule has 0 aliphatic rings. The zero-order chi connectivity index (χ0) is 32.8. The summed E-state index contributed by atoms with van der Waals surface area (Å²) >= 11 is 0. The summed E-state index contributed by atoms with van der Waals surface area (Å²) in [5.74, 6) is 17.0. The van der Waals surface area contributed by atoms with Crippen LogP contribution in [0.4, 0.5) is 34.1 Å². The fourth-order valence-electron chi connectivity index (χ4n) is 3.37. The van der Waals surface area contributed by atoms with Crippen LogP contribution in [0, 0.1) is 30.3 Å². The Hall–Kier alpha value is -5.35. The lowest BCUT2D eigenvalue weighted by Crippen LogP contribution is -2.38. The molecule has 0 saturated carbocycles. The number of phosphoric acid groups is 1. The highest BCUT2D eigenvalue weighted by atomic mass is 31.2. The van der Waals surface area contributed by atoms with Crippen molar-refractivity contribution in [2.75, 3.05) is 36.8 Å². The van der Waals surface area contributed by atoms with E-state index in [-0.39, 0.29) is 34.3 Å². The number of nitrogens with two attached hydrogens (primary N) is 3. The van der Waals surface area contributed by atoms with Crippen molar-refractivity contribution in [1.29, 1.82) is 0 Å². The average molecular weight is 641 g/mol. The van der Waals surface area contributed by atoms with Gasteiger partial charge in [-0.3, -0.25) is 30.3 Å². The van der Waals surface area contributed by atoms with Gasteiger partial charge in [0.2, 0.25) is 0 Å². The van der Waals surface area contributed by atoms with E-state index in [9.17, 15) is 34.9 Å². The summed E-state index contributed by atoms with van der Waals surface area (Å²) in [7, 11) is -1.71. The van der Waals surface area contributed by atoms with E-state index in [4.69, 9.17) is 45.6 Å². The molecule has 44 heavy (non-hydrogen) atoms. The molecule has 0 spiro atoms. The van der Waals surface area contributed by atoms with Gasteiger partial charge in [-0.1, -0.05) is 0 Å². The van der Waals surface area contributed by atoms with E-state index >= 15 is 0 Å². The molecule has 6 N–H and O–H groups in total. The Morgan fingerprint density at radius 1 is 0.568 bits per heavy atom. The van der Waals surface area contributed by atoms with Gasteiger partial charge in [0, 0.05) is 36.4 Å². The number of hydrogen-bond donors (Lipinski definition) is 3. The molecule has 0 fully saturated rings. The third-order valence-electron chi connectivity index (χ3n) is 5.41. The van der Waals surface area contributed by atoms with Crippen molar-refractivity contribution in [2.45, 2.75) is 0 Å². The maximum atomic E-state index is 13.9. The lowest BCUT2D eigenvalue weighted by Gasteiger charge is -2.29. The quantitative estimate of drug-likeness (QED) is 0.0929. The van der Waals surface area contributed by atoms with Crippen LogP contribution >= 0.6 is 7.82 Å². The molecule has 0 heterocycles. The van der Waals surface area contributed by atoms with E-state index < -0.39 is 39.7 Å². The van der Waals surface area contributed by atoms with Gasteiger partial charge in [-0.15, -0.1) is 13.9 Å². The molecular weight excluding hydrogens is 617 g/mol. The first kappa shape index (κ1) is 33.2. The van der Waals surface area contributed by atoms with Crippen LogP contribution < -0.4 is 47.3 Å². The predicted molar refractivity (Wildman–Crippen MR) is 150 cm³/mol. The molecule has 0 saturated heterocycles. The lowest BCUT2D eigenvalue weighted by molar-refractivity contribution is -0.385. The van der Waals surface area contributed by atoms with Crippen molar-refractivity contribution in [3.63, 3.8) is 0 Å². The van der Waals surface area contributed by atoms with E-state index in [2.05, 4.69) is 0 Å². The Bertz CT molecular complexity index is 1430. The van der Waals surface area contributed by atoms with E-state index in [0.717, 1.165) is 75.9 Å². The number of nitro benzene ring substituents is 3. The fourth-order valence-corrected chi connectivity index (χ4v) is 4.39. The van der Waals surface area contributed by atoms with Crippen LogP contribution in [0.15, 0.2) is 54.6 Å². The first-order valence-corrected chi connectivity index (χ1v) is 13.0. The van der Waals surface area contributed by atoms with Gasteiger partial charge in [-0.25, -0.2) is 22.1 Å². The molecule has 0 bridgehead atoms. The van der Waals surface area contributed by atoms with E-state index in [0.29, 0.717) is 15.5 Å². The molecule has 0 aliphatic heterocycles. The van der Waals surface area contributed by atoms with Crippen LogP contribution in [0.1, 0.15) is 0 Å². The number of methoxy groups -OCH3 is 3. The zero-order valence-corrected chi connectivity index (χ0v) is 23.8. The van der Waals surface area contributed by atoms with Crippen LogP contribution in [0.25, 0.3) is 0 Å². The molecule has 0 aromatic heterocycles. The van der Waals surface area contributed by atoms with Crippen LogP contribution in [0.2, 0.25) is 0 Å². The van der Waals surface area contributed by atoms with Gasteiger partial charge in [0.05, 0.1) is 53.2 Å². The largest absolute Gasteiger partial charge is 0.543 e. The number of hydrogen-bond acceptors (Lipinski definition) is 19. The number of anilines is 3. The van der Waals surface area contributed by atoms with E-state index in [1.807, 2.05) is 0 Å². The number of hydrazine groups is 3. The Morgan fingerprint density at radius 2 is 0.818 bits per heavy atom. The first-order valence-electron chi connectivity index (χ1n) is 11.5. The average Bonchev–Trinajstić information content (AvgIpc) is 2.99. The molecule has 236 valence electrons. The molecular formula is C21H24N9O13P. The van der Waals surface area contributed by atoms with Crippen LogP contribution in [-0.2, 0) is 18.4 Å². The van der Waals surface area contributed by atoms with Crippen molar-refractivity contribution in [3.05, 3.63) is 84.9 Å². The third kappa shape index (κ3) is 7.53. The summed E-state index contributed by atoms with van der Waals surface area (Å²) in [4.78, 5) is 31.6. The van der Waals surface area contributed by atoms with Crippen molar-refractivity contribution in [3.8, 4) is 17.2 Å². The second-order valence-corrected chi connectivity index (χ2v) is 9.39. The van der Waals surface area contributed by atoms with Crippen LogP contribution in [0.5, 0.6) is 17.2 Å². The highest BCUT2D eigenvalue weighted by molar-refractivity contribution is 7.48. The van der Waals surface area contributed by atoms with Crippen molar-refractivity contribution >= 4 is 41.9 Å². The molecule has 23 heteroatoms. The molecule has 3 aromatic rings. The van der Waals surface area contributed by atoms with Crippen molar-refractivity contribution in [1.82, 2.24) is 0 Å². The van der Waals surface area contributed by atoms with Crippen molar-refractivity contribution < 1.29 is 47.4 Å². The molecule has 3 rings (SSSR count). The van der Waals surface area contributed by atoms with Crippen LogP contribution in [-0.4, -0.2) is 36.1 Å².